The van der Waals surface area contributed by atoms with Crippen LogP contribution in [0.1, 0.15) is 5.56 Å². The topological polar surface area (TPSA) is 84.0 Å². The number of nitrogens with zero attached hydrogens (tertiary/aromatic N) is 2. The Hall–Kier alpha value is -3.36. The normalized spacial score (nSPS) is 11.5. The van der Waals surface area contributed by atoms with Crippen molar-refractivity contribution >= 4 is 26.7 Å². The van der Waals surface area contributed by atoms with Gasteiger partial charge in [-0.3, -0.25) is 0 Å². The van der Waals surface area contributed by atoms with Crippen LogP contribution in [0.3, 0.4) is 0 Å². The van der Waals surface area contributed by atoms with Crippen LogP contribution in [0.4, 0.5) is 10.2 Å². The van der Waals surface area contributed by atoms with Gasteiger partial charge in [0.2, 0.25) is 10.0 Å². The fourth-order valence-corrected chi connectivity index (χ4v) is 4.14. The van der Waals surface area contributed by atoms with Crippen LogP contribution in [0.15, 0.2) is 77.7 Å². The first-order valence-corrected chi connectivity index (χ1v) is 11.2. The summed E-state index contributed by atoms with van der Waals surface area (Å²) in [4.78, 5) is 9.37. The second-order valence-electron chi connectivity index (χ2n) is 7.06. The predicted molar refractivity (Wildman–Crippen MR) is 120 cm³/mol. The molecule has 31 heavy (non-hydrogen) atoms. The second kappa shape index (κ2) is 8.79. The van der Waals surface area contributed by atoms with Crippen LogP contribution < -0.4 is 10.0 Å². The molecule has 0 aliphatic heterocycles. The first kappa shape index (κ1) is 20.9. The average molecular weight is 437 g/mol. The quantitative estimate of drug-likeness (QED) is 0.426. The molecule has 8 heteroatoms. The summed E-state index contributed by atoms with van der Waals surface area (Å²) < 4.78 is 40.7. The highest BCUT2D eigenvalue weighted by molar-refractivity contribution is 7.89. The number of aromatic nitrogens is 2. The highest BCUT2D eigenvalue weighted by Crippen LogP contribution is 2.25. The first-order chi connectivity index (χ1) is 14.9. The summed E-state index contributed by atoms with van der Waals surface area (Å²) in [5, 5.41) is 4.00. The lowest BCUT2D eigenvalue weighted by molar-refractivity contribution is 0.583. The van der Waals surface area contributed by atoms with Gasteiger partial charge in [0.05, 0.1) is 10.4 Å². The minimum Gasteiger partial charge on any atom is -0.368 e. The highest BCUT2D eigenvalue weighted by atomic mass is 32.2. The van der Waals surface area contributed by atoms with Crippen molar-refractivity contribution in [2.24, 2.45) is 0 Å². The maximum Gasteiger partial charge on any atom is 0.240 e. The number of anilines is 1. The van der Waals surface area contributed by atoms with E-state index in [-0.39, 0.29) is 17.3 Å². The molecule has 1 aromatic heterocycles. The van der Waals surface area contributed by atoms with Gasteiger partial charge in [0, 0.05) is 24.0 Å². The summed E-state index contributed by atoms with van der Waals surface area (Å²) in [5.41, 5.74) is 2.42. The second-order valence-corrected chi connectivity index (χ2v) is 8.82. The van der Waals surface area contributed by atoms with Gasteiger partial charge >= 0.3 is 0 Å². The van der Waals surface area contributed by atoms with Crippen LogP contribution in [0.25, 0.3) is 22.3 Å². The minimum absolute atomic E-state index is 0.181. The average Bonchev–Trinajstić information content (AvgIpc) is 2.77. The third kappa shape index (κ3) is 4.87. The molecule has 4 rings (SSSR count). The van der Waals surface area contributed by atoms with Gasteiger partial charge < -0.3 is 5.32 Å². The van der Waals surface area contributed by atoms with Crippen molar-refractivity contribution in [2.75, 3.05) is 18.4 Å². The molecule has 0 aliphatic rings. The molecule has 0 amide bonds. The van der Waals surface area contributed by atoms with Crippen LogP contribution in [-0.4, -0.2) is 31.5 Å². The zero-order valence-corrected chi connectivity index (χ0v) is 17.7. The van der Waals surface area contributed by atoms with Crippen LogP contribution in [0, 0.1) is 12.7 Å². The lowest BCUT2D eigenvalue weighted by atomic mass is 10.2. The summed E-state index contributed by atoms with van der Waals surface area (Å²) in [6.07, 6.45) is 0. The molecule has 4 aromatic rings. The molecule has 0 aliphatic carbocycles. The smallest absolute Gasteiger partial charge is 0.240 e. The van der Waals surface area contributed by atoms with E-state index in [2.05, 4.69) is 20.0 Å². The van der Waals surface area contributed by atoms with Gasteiger partial charge in [-0.05, 0) is 55.5 Å². The van der Waals surface area contributed by atoms with E-state index >= 15 is 0 Å². The van der Waals surface area contributed by atoms with Crippen LogP contribution in [0.5, 0.6) is 0 Å². The van der Waals surface area contributed by atoms with E-state index < -0.39 is 10.0 Å². The van der Waals surface area contributed by atoms with Crippen molar-refractivity contribution in [3.8, 4) is 11.4 Å². The summed E-state index contributed by atoms with van der Waals surface area (Å²) in [5.74, 6) is 0.713. The Morgan fingerprint density at radius 3 is 2.32 bits per heavy atom. The van der Waals surface area contributed by atoms with Crippen LogP contribution in [0.2, 0.25) is 0 Å². The summed E-state index contributed by atoms with van der Waals surface area (Å²) in [6.45, 7) is 2.41. The van der Waals surface area contributed by atoms with Gasteiger partial charge in [0.25, 0.3) is 0 Å². The number of sulfonamides is 1. The maximum absolute atomic E-state index is 13.3. The first-order valence-electron chi connectivity index (χ1n) is 9.75. The van der Waals surface area contributed by atoms with Crippen molar-refractivity contribution in [2.45, 2.75) is 11.8 Å². The lowest BCUT2D eigenvalue weighted by Crippen LogP contribution is -2.29. The molecule has 6 nitrogen and oxygen atoms in total. The van der Waals surface area contributed by atoms with Crippen LogP contribution in [-0.2, 0) is 10.0 Å². The van der Waals surface area contributed by atoms with E-state index in [1.165, 1.54) is 12.1 Å². The summed E-state index contributed by atoms with van der Waals surface area (Å²) >= 11 is 0. The van der Waals surface area contributed by atoms with Crippen molar-refractivity contribution in [3.05, 3.63) is 84.2 Å². The van der Waals surface area contributed by atoms with E-state index in [1.807, 2.05) is 31.2 Å². The Morgan fingerprint density at radius 1 is 0.871 bits per heavy atom. The van der Waals surface area contributed by atoms with E-state index in [0.717, 1.165) is 16.5 Å². The van der Waals surface area contributed by atoms with E-state index in [9.17, 15) is 12.8 Å². The number of hydrogen-bond donors (Lipinski definition) is 2. The fourth-order valence-electron chi connectivity index (χ4n) is 3.11. The Balaban J connectivity index is 1.51. The minimum atomic E-state index is -3.59. The molecule has 1 heterocycles. The third-order valence-corrected chi connectivity index (χ3v) is 6.22. The van der Waals surface area contributed by atoms with Crippen molar-refractivity contribution in [1.82, 2.24) is 14.7 Å². The largest absolute Gasteiger partial charge is 0.368 e. The molecule has 0 atom stereocenters. The number of hydrogen-bond acceptors (Lipinski definition) is 5. The van der Waals surface area contributed by atoms with Crippen molar-refractivity contribution in [3.63, 3.8) is 0 Å². The predicted octanol–water partition coefficient (Wildman–Crippen LogP) is 4.13. The Bertz CT molecular complexity index is 1310. The zero-order chi connectivity index (χ0) is 21.8. The Morgan fingerprint density at radius 2 is 1.58 bits per heavy atom. The van der Waals surface area contributed by atoms with Gasteiger partial charge in [-0.1, -0.05) is 29.8 Å². The maximum atomic E-state index is 13.3. The number of benzene rings is 3. The molecule has 2 N–H and O–H groups in total. The summed E-state index contributed by atoms with van der Waals surface area (Å²) in [6, 6.07) is 20.2. The third-order valence-electron chi connectivity index (χ3n) is 4.75. The molecule has 3 aromatic carbocycles. The van der Waals surface area contributed by atoms with E-state index in [1.54, 1.807) is 36.4 Å². The monoisotopic (exact) mass is 436 g/mol. The van der Waals surface area contributed by atoms with Gasteiger partial charge in [0.1, 0.15) is 11.6 Å². The number of fused-ring (bicyclic) bond motifs is 1. The van der Waals surface area contributed by atoms with Gasteiger partial charge in [-0.15, -0.1) is 0 Å². The van der Waals surface area contributed by atoms with E-state index in [4.69, 9.17) is 0 Å². The molecule has 0 bridgehead atoms. The SMILES string of the molecule is Cc1ccc(S(=O)(=O)NCCNc2nc(-c3ccc(F)cc3)nc3ccccc23)cc1. The summed E-state index contributed by atoms with van der Waals surface area (Å²) in [7, 11) is -3.59. The molecular formula is C23H21FN4O2S. The molecule has 0 saturated carbocycles. The molecule has 0 spiro atoms. The lowest BCUT2D eigenvalue weighted by Gasteiger charge is -2.12. The molecule has 158 valence electrons. The van der Waals surface area contributed by atoms with Crippen molar-refractivity contribution in [1.29, 1.82) is 0 Å². The van der Waals surface area contributed by atoms with Crippen LogP contribution >= 0.6 is 0 Å². The van der Waals surface area contributed by atoms with Crippen molar-refractivity contribution < 1.29 is 12.8 Å². The van der Waals surface area contributed by atoms with Gasteiger partial charge in [0.15, 0.2) is 5.82 Å². The number of halogens is 1. The van der Waals surface area contributed by atoms with Gasteiger partial charge in [-0.2, -0.15) is 0 Å². The Kier molecular flexibility index (Phi) is 5.92. The number of aryl methyl sites for hydroxylation is 1. The fraction of sp³-hybridized carbons (Fsp3) is 0.130. The highest BCUT2D eigenvalue weighted by Gasteiger charge is 2.13. The molecule has 0 radical (unpaired) electrons. The van der Waals surface area contributed by atoms with E-state index in [0.29, 0.717) is 23.8 Å². The zero-order valence-electron chi connectivity index (χ0n) is 16.8. The van der Waals surface area contributed by atoms with Gasteiger partial charge in [-0.25, -0.2) is 27.5 Å². The molecule has 0 unspecified atom stereocenters. The Labute approximate surface area is 180 Å². The number of para-hydroxylation sites is 1. The standard InChI is InChI=1S/C23H21FN4O2S/c1-16-6-12-19(13-7-16)31(29,30)26-15-14-25-23-20-4-2-3-5-21(20)27-22(28-23)17-8-10-18(24)11-9-17/h2-13,26H,14-15H2,1H3,(H,25,27,28). The number of nitrogens with one attached hydrogen (secondary N) is 2. The molecule has 0 fully saturated rings. The number of rotatable bonds is 7. The molecular weight excluding hydrogens is 415 g/mol. The molecule has 0 saturated heterocycles.